The van der Waals surface area contributed by atoms with Crippen LogP contribution in [-0.4, -0.2) is 36.7 Å². The Morgan fingerprint density at radius 3 is 2.19 bits per heavy atom. The highest BCUT2D eigenvalue weighted by Gasteiger charge is 2.16. The zero-order valence-electron chi connectivity index (χ0n) is 16.8. The van der Waals surface area contributed by atoms with Gasteiger partial charge in [-0.1, -0.05) is 30.3 Å². The molecule has 0 saturated heterocycles. The van der Waals surface area contributed by atoms with Crippen LogP contribution in [0.3, 0.4) is 0 Å². The number of ether oxygens (including phenoxy) is 4. The Kier molecular flexibility index (Phi) is 7.74. The van der Waals surface area contributed by atoms with Crippen LogP contribution in [0, 0.1) is 10.1 Å². The summed E-state index contributed by atoms with van der Waals surface area (Å²) in [5.74, 6) is -0.467. The van der Waals surface area contributed by atoms with Gasteiger partial charge in [-0.25, -0.2) is 9.59 Å². The molecule has 0 saturated carbocycles. The summed E-state index contributed by atoms with van der Waals surface area (Å²) in [6, 6.07) is 20.6. The number of rotatable bonds is 10. The van der Waals surface area contributed by atoms with Gasteiger partial charge in [0.2, 0.25) is 0 Å². The summed E-state index contributed by atoms with van der Waals surface area (Å²) in [5, 5.41) is 11.0. The monoisotopic (exact) mass is 437 g/mol. The Hall–Kier alpha value is -4.40. The first kappa shape index (κ1) is 22.3. The number of benzene rings is 3. The molecule has 0 N–H and O–H groups in total. The SMILES string of the molecule is O=C(COc1ccccc1[N+](=O)[O-])Oc1ccc(C(=O)OCCOc2ccccc2)cc1. The second kappa shape index (κ2) is 11.1. The topological polar surface area (TPSA) is 114 Å². The molecule has 0 spiro atoms. The van der Waals surface area contributed by atoms with Crippen LogP contribution in [0.25, 0.3) is 0 Å². The van der Waals surface area contributed by atoms with Crippen molar-refractivity contribution in [2.24, 2.45) is 0 Å². The van der Waals surface area contributed by atoms with Gasteiger partial charge in [0.15, 0.2) is 12.4 Å². The molecule has 0 aliphatic heterocycles. The number of nitrogens with zero attached hydrogens (tertiary/aromatic N) is 1. The minimum Gasteiger partial charge on any atom is -0.490 e. The molecule has 0 radical (unpaired) electrons. The Morgan fingerprint density at radius 2 is 1.47 bits per heavy atom. The smallest absolute Gasteiger partial charge is 0.349 e. The van der Waals surface area contributed by atoms with Gasteiger partial charge in [0.25, 0.3) is 0 Å². The van der Waals surface area contributed by atoms with E-state index in [0.717, 1.165) is 0 Å². The van der Waals surface area contributed by atoms with Crippen LogP contribution in [0.4, 0.5) is 5.69 Å². The third kappa shape index (κ3) is 6.56. The first-order chi connectivity index (χ1) is 15.5. The lowest BCUT2D eigenvalue weighted by atomic mass is 10.2. The van der Waals surface area contributed by atoms with Crippen molar-refractivity contribution in [2.45, 2.75) is 0 Å². The van der Waals surface area contributed by atoms with Crippen LogP contribution in [0.5, 0.6) is 17.2 Å². The molecular formula is C23H19NO8. The molecule has 3 rings (SSSR count). The Balaban J connectivity index is 1.43. The van der Waals surface area contributed by atoms with E-state index >= 15 is 0 Å². The van der Waals surface area contributed by atoms with Gasteiger partial charge in [-0.15, -0.1) is 0 Å². The number of nitro groups is 1. The summed E-state index contributed by atoms with van der Waals surface area (Å²) >= 11 is 0. The first-order valence-electron chi connectivity index (χ1n) is 9.55. The Bertz CT molecular complexity index is 1070. The molecule has 164 valence electrons. The average molecular weight is 437 g/mol. The van der Waals surface area contributed by atoms with Crippen molar-refractivity contribution in [3.8, 4) is 17.2 Å². The molecule has 32 heavy (non-hydrogen) atoms. The van der Waals surface area contributed by atoms with E-state index in [2.05, 4.69) is 0 Å². The Labute approximate surface area is 183 Å². The van der Waals surface area contributed by atoms with Crippen LogP contribution < -0.4 is 14.2 Å². The van der Waals surface area contributed by atoms with Gasteiger partial charge >= 0.3 is 17.6 Å². The molecule has 9 heteroatoms. The van der Waals surface area contributed by atoms with Crippen LogP contribution >= 0.6 is 0 Å². The van der Waals surface area contributed by atoms with E-state index < -0.39 is 23.5 Å². The zero-order chi connectivity index (χ0) is 22.8. The highest BCUT2D eigenvalue weighted by atomic mass is 16.6. The van der Waals surface area contributed by atoms with Gasteiger partial charge in [-0.05, 0) is 42.5 Å². The molecule has 0 bridgehead atoms. The maximum Gasteiger partial charge on any atom is 0.349 e. The number of hydrogen-bond acceptors (Lipinski definition) is 8. The summed E-state index contributed by atoms with van der Waals surface area (Å²) in [7, 11) is 0. The summed E-state index contributed by atoms with van der Waals surface area (Å²) in [6.45, 7) is -0.228. The third-order valence-electron chi connectivity index (χ3n) is 4.06. The highest BCUT2D eigenvalue weighted by molar-refractivity contribution is 5.89. The normalized spacial score (nSPS) is 10.1. The van der Waals surface area contributed by atoms with Crippen LogP contribution in [0.15, 0.2) is 78.9 Å². The second-order valence-corrected chi connectivity index (χ2v) is 6.31. The number of esters is 2. The maximum atomic E-state index is 12.1. The van der Waals surface area contributed by atoms with Gasteiger partial charge in [0.1, 0.15) is 24.7 Å². The van der Waals surface area contributed by atoms with Gasteiger partial charge in [0, 0.05) is 6.07 Å². The minimum absolute atomic E-state index is 0.0382. The summed E-state index contributed by atoms with van der Waals surface area (Å²) in [4.78, 5) is 34.4. The molecule has 0 amide bonds. The molecular weight excluding hydrogens is 418 g/mol. The van der Waals surface area contributed by atoms with E-state index in [1.165, 1.54) is 42.5 Å². The van der Waals surface area contributed by atoms with E-state index in [4.69, 9.17) is 18.9 Å². The Morgan fingerprint density at radius 1 is 0.781 bits per heavy atom. The number of para-hydroxylation sites is 3. The van der Waals surface area contributed by atoms with Crippen molar-refractivity contribution in [3.63, 3.8) is 0 Å². The van der Waals surface area contributed by atoms with E-state index in [1.54, 1.807) is 18.2 Å². The van der Waals surface area contributed by atoms with Gasteiger partial charge < -0.3 is 18.9 Å². The zero-order valence-corrected chi connectivity index (χ0v) is 16.8. The maximum absolute atomic E-state index is 12.1. The van der Waals surface area contributed by atoms with Crippen molar-refractivity contribution >= 4 is 17.6 Å². The predicted octanol–water partition coefficient (Wildman–Crippen LogP) is 3.82. The van der Waals surface area contributed by atoms with Crippen molar-refractivity contribution in [3.05, 3.63) is 94.5 Å². The second-order valence-electron chi connectivity index (χ2n) is 6.31. The molecule has 0 aliphatic carbocycles. The average Bonchev–Trinajstić information content (AvgIpc) is 2.81. The van der Waals surface area contributed by atoms with Crippen molar-refractivity contribution in [1.29, 1.82) is 0 Å². The van der Waals surface area contributed by atoms with Gasteiger partial charge in [-0.2, -0.15) is 0 Å². The standard InChI is InChI=1S/C23H19NO8/c25-22(16-31-21-9-5-4-8-20(21)24(27)28)32-19-12-10-17(11-13-19)23(26)30-15-14-29-18-6-2-1-3-7-18/h1-13H,14-16H2. The largest absolute Gasteiger partial charge is 0.490 e. The molecule has 3 aromatic rings. The lowest BCUT2D eigenvalue weighted by molar-refractivity contribution is -0.385. The molecule has 9 nitrogen and oxygen atoms in total. The third-order valence-corrected chi connectivity index (χ3v) is 4.06. The first-order valence-corrected chi connectivity index (χ1v) is 9.55. The highest BCUT2D eigenvalue weighted by Crippen LogP contribution is 2.25. The fourth-order valence-corrected chi connectivity index (χ4v) is 2.58. The summed E-state index contributed by atoms with van der Waals surface area (Å²) in [5.41, 5.74) is 0.0259. The van der Waals surface area contributed by atoms with Gasteiger partial charge in [0.05, 0.1) is 10.5 Å². The van der Waals surface area contributed by atoms with Crippen molar-refractivity contribution in [1.82, 2.24) is 0 Å². The molecule has 0 unspecified atom stereocenters. The number of nitro benzene ring substituents is 1. The van der Waals surface area contributed by atoms with Crippen LogP contribution in [0.2, 0.25) is 0 Å². The number of hydrogen-bond donors (Lipinski definition) is 0. The molecule has 0 aromatic heterocycles. The van der Waals surface area contributed by atoms with E-state index in [-0.39, 0.29) is 36.0 Å². The van der Waals surface area contributed by atoms with Crippen molar-refractivity contribution in [2.75, 3.05) is 19.8 Å². The molecule has 0 heterocycles. The number of carbonyl (C=O) groups excluding carboxylic acids is 2. The lowest BCUT2D eigenvalue weighted by Crippen LogP contribution is -2.18. The fraction of sp³-hybridized carbons (Fsp3) is 0.130. The molecule has 0 fully saturated rings. The van der Waals surface area contributed by atoms with Crippen LogP contribution in [0.1, 0.15) is 10.4 Å². The van der Waals surface area contributed by atoms with Gasteiger partial charge in [-0.3, -0.25) is 10.1 Å². The minimum atomic E-state index is -0.753. The number of carbonyl (C=O) groups is 2. The molecule has 0 aliphatic rings. The van der Waals surface area contributed by atoms with Crippen LogP contribution in [-0.2, 0) is 9.53 Å². The molecule has 0 atom stereocenters. The van der Waals surface area contributed by atoms with E-state index in [1.807, 2.05) is 18.2 Å². The predicted molar refractivity (Wildman–Crippen MR) is 113 cm³/mol. The molecule has 3 aromatic carbocycles. The van der Waals surface area contributed by atoms with E-state index in [9.17, 15) is 19.7 Å². The van der Waals surface area contributed by atoms with Crippen molar-refractivity contribution < 1.29 is 33.5 Å². The summed E-state index contributed by atoms with van der Waals surface area (Å²) < 4.78 is 20.9. The quantitative estimate of drug-likeness (QED) is 0.155. The van der Waals surface area contributed by atoms with E-state index in [0.29, 0.717) is 5.75 Å². The summed E-state index contributed by atoms with van der Waals surface area (Å²) in [6.07, 6.45) is 0. The fourth-order valence-electron chi connectivity index (χ4n) is 2.58. The lowest BCUT2D eigenvalue weighted by Gasteiger charge is -2.09.